The van der Waals surface area contributed by atoms with Crippen molar-refractivity contribution in [3.63, 3.8) is 0 Å². The largest absolute Gasteiger partial charge is 0.383 e. The molecular formula is C26H34ClN5. The molecule has 1 fully saturated rings. The van der Waals surface area contributed by atoms with Gasteiger partial charge in [0.05, 0.1) is 18.4 Å². The van der Waals surface area contributed by atoms with E-state index in [0.29, 0.717) is 0 Å². The van der Waals surface area contributed by atoms with E-state index >= 15 is 0 Å². The van der Waals surface area contributed by atoms with E-state index in [1.165, 1.54) is 28.0 Å². The van der Waals surface area contributed by atoms with Crippen LogP contribution in [0.1, 0.15) is 42.6 Å². The minimum atomic E-state index is 0.143. The Morgan fingerprint density at radius 1 is 1.31 bits per heavy atom. The van der Waals surface area contributed by atoms with Gasteiger partial charge >= 0.3 is 0 Å². The minimum absolute atomic E-state index is 0.143. The topological polar surface area (TPSA) is 45.1 Å². The number of rotatable bonds is 7. The van der Waals surface area contributed by atoms with Crippen LogP contribution >= 0.6 is 11.6 Å². The van der Waals surface area contributed by atoms with Crippen molar-refractivity contribution in [2.45, 2.75) is 45.3 Å². The minimum Gasteiger partial charge on any atom is -0.383 e. The lowest BCUT2D eigenvalue weighted by Gasteiger charge is -2.40. The Kier molecular flexibility index (Phi) is 7.51. The van der Waals surface area contributed by atoms with Crippen molar-refractivity contribution in [3.05, 3.63) is 83.1 Å². The predicted molar refractivity (Wildman–Crippen MR) is 134 cm³/mol. The van der Waals surface area contributed by atoms with Crippen molar-refractivity contribution >= 4 is 17.2 Å². The number of aryl methyl sites for hydroxylation is 2. The van der Waals surface area contributed by atoms with Crippen LogP contribution in [0.5, 0.6) is 0 Å². The molecule has 4 rings (SSSR count). The van der Waals surface area contributed by atoms with Gasteiger partial charge in [0.1, 0.15) is 0 Å². The normalized spacial score (nSPS) is 22.8. The summed E-state index contributed by atoms with van der Waals surface area (Å²) in [5, 5.41) is 7.86. The summed E-state index contributed by atoms with van der Waals surface area (Å²) >= 11 is 6.52. The fraction of sp³-hybridized carbons (Fsp3) is 0.423. The Balaban J connectivity index is 1.72. The summed E-state index contributed by atoms with van der Waals surface area (Å²) in [6.45, 7) is 13.3. The first kappa shape index (κ1) is 22.8. The number of hydrogen-bond donors (Lipinski definition) is 2. The standard InChI is InChI=1S/C26H34ClN5/c1-4-20-15-21(7-6-12-32-18-29-17-19(32)3)24-16-22(27)8-9-23(24)26(25(20)30-5-2)31-13-10-28-11-14-31/h4-5,8-9,15-18,25-26,28,30H,2,6-7,10-14H2,1,3H3/b20-4-. The zero-order chi connectivity index (χ0) is 22.5. The first-order valence-corrected chi connectivity index (χ1v) is 11.9. The molecule has 2 atom stereocenters. The Bertz CT molecular complexity index is 999. The number of aromatic nitrogens is 2. The molecule has 2 heterocycles. The number of nitrogens with one attached hydrogen (secondary N) is 2. The van der Waals surface area contributed by atoms with Gasteiger partial charge < -0.3 is 15.2 Å². The third kappa shape index (κ3) is 4.85. The number of hydrogen-bond acceptors (Lipinski definition) is 4. The zero-order valence-electron chi connectivity index (χ0n) is 19.1. The van der Waals surface area contributed by atoms with Crippen LogP contribution < -0.4 is 10.6 Å². The van der Waals surface area contributed by atoms with Crippen molar-refractivity contribution in [2.75, 3.05) is 26.2 Å². The summed E-state index contributed by atoms with van der Waals surface area (Å²) in [6, 6.07) is 6.79. The molecule has 2 unspecified atom stereocenters. The quantitative estimate of drug-likeness (QED) is 0.639. The molecule has 1 aliphatic carbocycles. The van der Waals surface area contributed by atoms with Crippen LogP contribution in [0.4, 0.5) is 0 Å². The Morgan fingerprint density at radius 3 is 2.81 bits per heavy atom. The first-order chi connectivity index (χ1) is 15.6. The maximum absolute atomic E-state index is 6.52. The lowest BCUT2D eigenvalue weighted by atomic mass is 9.90. The molecule has 1 aliphatic heterocycles. The molecule has 170 valence electrons. The molecule has 0 saturated carbocycles. The zero-order valence-corrected chi connectivity index (χ0v) is 19.9. The predicted octanol–water partition coefficient (Wildman–Crippen LogP) is 4.72. The highest BCUT2D eigenvalue weighted by molar-refractivity contribution is 6.30. The van der Waals surface area contributed by atoms with Gasteiger partial charge in [-0.25, -0.2) is 4.98 Å². The highest BCUT2D eigenvalue weighted by Gasteiger charge is 2.35. The van der Waals surface area contributed by atoms with Crippen LogP contribution in [0, 0.1) is 6.92 Å². The number of piperazine rings is 1. The van der Waals surface area contributed by atoms with Crippen molar-refractivity contribution < 1.29 is 0 Å². The van der Waals surface area contributed by atoms with Crippen molar-refractivity contribution in [2.24, 2.45) is 0 Å². The summed E-state index contributed by atoms with van der Waals surface area (Å²) in [7, 11) is 0. The lowest BCUT2D eigenvalue weighted by molar-refractivity contribution is 0.154. The van der Waals surface area contributed by atoms with E-state index in [2.05, 4.69) is 69.8 Å². The third-order valence-electron chi connectivity index (χ3n) is 6.64. The van der Waals surface area contributed by atoms with Gasteiger partial charge in [0, 0.05) is 49.6 Å². The second kappa shape index (κ2) is 10.5. The van der Waals surface area contributed by atoms with Crippen LogP contribution in [-0.4, -0.2) is 46.7 Å². The van der Waals surface area contributed by atoms with E-state index in [-0.39, 0.29) is 12.1 Å². The Labute approximate surface area is 196 Å². The number of allylic oxidation sites excluding steroid dienone is 2. The summed E-state index contributed by atoms with van der Waals surface area (Å²) in [4.78, 5) is 6.86. The van der Waals surface area contributed by atoms with Crippen molar-refractivity contribution in [1.29, 1.82) is 0 Å². The highest BCUT2D eigenvalue weighted by Crippen LogP contribution is 2.40. The molecule has 1 saturated heterocycles. The van der Waals surface area contributed by atoms with Gasteiger partial charge in [0.15, 0.2) is 0 Å². The Hall–Kier alpha value is -2.34. The molecule has 0 amide bonds. The molecule has 5 nitrogen and oxygen atoms in total. The van der Waals surface area contributed by atoms with Crippen molar-refractivity contribution in [1.82, 2.24) is 25.1 Å². The van der Waals surface area contributed by atoms with Gasteiger partial charge in [-0.1, -0.05) is 36.4 Å². The SMILES string of the molecule is C=CNC1/C(=C\C)C=C(CCCn2cncc2C)c2cc(Cl)ccc2C1N1CCNCC1. The van der Waals surface area contributed by atoms with Crippen LogP contribution in [0.15, 0.2) is 61.2 Å². The molecule has 0 spiro atoms. The molecule has 0 radical (unpaired) electrons. The van der Waals surface area contributed by atoms with E-state index in [1.807, 2.05) is 24.8 Å². The monoisotopic (exact) mass is 451 g/mol. The molecular weight excluding hydrogens is 418 g/mol. The van der Waals surface area contributed by atoms with Crippen LogP contribution in [0.2, 0.25) is 5.02 Å². The number of halogens is 1. The average molecular weight is 452 g/mol. The maximum atomic E-state index is 6.52. The summed E-state index contributed by atoms with van der Waals surface area (Å²) < 4.78 is 2.22. The molecule has 0 bridgehead atoms. The highest BCUT2D eigenvalue weighted by atomic mass is 35.5. The molecule has 2 N–H and O–H groups in total. The van der Waals surface area contributed by atoms with Gasteiger partial charge in [-0.15, -0.1) is 0 Å². The molecule has 2 aliphatic rings. The van der Waals surface area contributed by atoms with E-state index in [4.69, 9.17) is 11.6 Å². The smallest absolute Gasteiger partial charge is 0.0948 e. The van der Waals surface area contributed by atoms with Crippen LogP contribution in [-0.2, 0) is 6.54 Å². The molecule has 6 heteroatoms. The second-order valence-electron chi connectivity index (χ2n) is 8.60. The van der Waals surface area contributed by atoms with Gasteiger partial charge in [0.25, 0.3) is 0 Å². The fourth-order valence-corrected chi connectivity index (χ4v) is 5.18. The summed E-state index contributed by atoms with van der Waals surface area (Å²) in [5.41, 5.74) is 6.47. The van der Waals surface area contributed by atoms with Crippen molar-refractivity contribution in [3.8, 4) is 0 Å². The second-order valence-corrected chi connectivity index (χ2v) is 9.04. The van der Waals surface area contributed by atoms with Gasteiger partial charge in [-0.2, -0.15) is 0 Å². The van der Waals surface area contributed by atoms with E-state index in [1.54, 1.807) is 0 Å². The summed E-state index contributed by atoms with van der Waals surface area (Å²) in [5.74, 6) is 0. The van der Waals surface area contributed by atoms with E-state index in [0.717, 1.165) is 50.6 Å². The van der Waals surface area contributed by atoms with E-state index < -0.39 is 0 Å². The first-order valence-electron chi connectivity index (χ1n) is 11.6. The van der Waals surface area contributed by atoms with Gasteiger partial charge in [0.2, 0.25) is 0 Å². The number of benzene rings is 1. The van der Waals surface area contributed by atoms with E-state index in [9.17, 15) is 0 Å². The Morgan fingerprint density at radius 2 is 2.12 bits per heavy atom. The molecule has 32 heavy (non-hydrogen) atoms. The third-order valence-corrected chi connectivity index (χ3v) is 6.87. The van der Waals surface area contributed by atoms with Gasteiger partial charge in [-0.3, -0.25) is 4.90 Å². The molecule has 1 aromatic carbocycles. The van der Waals surface area contributed by atoms with Crippen LogP contribution in [0.3, 0.4) is 0 Å². The molecule has 1 aromatic heterocycles. The van der Waals surface area contributed by atoms with Gasteiger partial charge in [-0.05, 0) is 67.3 Å². The average Bonchev–Trinajstić information content (AvgIpc) is 3.16. The number of nitrogens with zero attached hydrogens (tertiary/aromatic N) is 3. The fourth-order valence-electron chi connectivity index (χ4n) is 5.01. The number of imidazole rings is 1. The number of fused-ring (bicyclic) bond motifs is 1. The lowest BCUT2D eigenvalue weighted by Crippen LogP contribution is -2.50. The molecule has 2 aromatic rings. The summed E-state index contributed by atoms with van der Waals surface area (Å²) in [6.07, 6.45) is 12.3. The maximum Gasteiger partial charge on any atom is 0.0948 e. The van der Waals surface area contributed by atoms with Crippen LogP contribution in [0.25, 0.3) is 5.57 Å².